The van der Waals surface area contributed by atoms with E-state index in [4.69, 9.17) is 9.15 Å². The highest BCUT2D eigenvalue weighted by Crippen LogP contribution is 2.36. The Balaban J connectivity index is 1.47. The van der Waals surface area contributed by atoms with Crippen LogP contribution in [-0.4, -0.2) is 55.8 Å². The zero-order chi connectivity index (χ0) is 31.5. The van der Waals surface area contributed by atoms with Gasteiger partial charge in [-0.1, -0.05) is 30.3 Å². The first-order chi connectivity index (χ1) is 20.9. The number of likely N-dealkylation sites (tertiary alicyclic amines) is 1. The maximum atomic E-state index is 13.9. The summed E-state index contributed by atoms with van der Waals surface area (Å²) in [7, 11) is 0. The van der Waals surface area contributed by atoms with Gasteiger partial charge in [0.15, 0.2) is 0 Å². The third-order valence-corrected chi connectivity index (χ3v) is 8.22. The van der Waals surface area contributed by atoms with E-state index in [2.05, 4.69) is 30.8 Å². The lowest BCUT2D eigenvalue weighted by molar-refractivity contribution is 0.0443. The second-order valence-electron chi connectivity index (χ2n) is 12.2. The fourth-order valence-electron chi connectivity index (χ4n) is 5.25. The first-order valence-corrected chi connectivity index (χ1v) is 15.7. The van der Waals surface area contributed by atoms with E-state index in [1.807, 2.05) is 61.4 Å². The first kappa shape index (κ1) is 31.1. The molecule has 0 bridgehead atoms. The van der Waals surface area contributed by atoms with Gasteiger partial charge in [0.1, 0.15) is 27.7 Å². The van der Waals surface area contributed by atoms with Crippen molar-refractivity contribution in [3.8, 4) is 11.6 Å². The predicted octanol–water partition coefficient (Wildman–Crippen LogP) is 6.29. The van der Waals surface area contributed by atoms with E-state index in [9.17, 15) is 9.59 Å². The first-order valence-electron chi connectivity index (χ1n) is 14.8. The number of hydrogen-bond acceptors (Lipinski definition) is 10. The van der Waals surface area contributed by atoms with E-state index in [-0.39, 0.29) is 23.7 Å². The molecule has 1 fully saturated rings. The van der Waals surface area contributed by atoms with Gasteiger partial charge in [0.2, 0.25) is 5.89 Å². The Labute approximate surface area is 261 Å². The smallest absolute Gasteiger partial charge is 0.408 e. The fraction of sp³-hybridized carbons (Fsp3) is 0.438. The largest absolute Gasteiger partial charge is 0.444 e. The molecule has 1 aliphatic rings. The van der Waals surface area contributed by atoms with Crippen LogP contribution in [0.1, 0.15) is 86.0 Å². The molecule has 1 aromatic carbocycles. The van der Waals surface area contributed by atoms with Crippen LogP contribution in [-0.2, 0) is 16.7 Å². The summed E-state index contributed by atoms with van der Waals surface area (Å²) in [6.45, 7) is 12.4. The number of ether oxygens (including phenoxy) is 1. The van der Waals surface area contributed by atoms with Crippen LogP contribution in [0.5, 0.6) is 0 Å². The molecule has 1 aliphatic heterocycles. The Morgan fingerprint density at radius 3 is 2.57 bits per heavy atom. The zero-order valence-electron chi connectivity index (χ0n) is 26.0. The number of amides is 2. The second kappa shape index (κ2) is 12.7. The normalized spacial score (nSPS) is 16.4. The van der Waals surface area contributed by atoms with Crippen molar-refractivity contribution in [2.75, 3.05) is 18.4 Å². The topological polar surface area (TPSA) is 135 Å². The average molecular weight is 618 g/mol. The molecule has 0 radical (unpaired) electrons. The summed E-state index contributed by atoms with van der Waals surface area (Å²) < 4.78 is 11.8. The lowest BCUT2D eigenvalue weighted by atomic mass is 9.92. The number of carbonyl (C=O) groups is 2. The van der Waals surface area contributed by atoms with Crippen LogP contribution in [0, 0.1) is 6.92 Å². The van der Waals surface area contributed by atoms with Gasteiger partial charge in [-0.05, 0) is 72.1 Å². The van der Waals surface area contributed by atoms with Crippen molar-refractivity contribution in [2.45, 2.75) is 78.0 Å². The molecule has 2 atom stereocenters. The minimum Gasteiger partial charge on any atom is -0.444 e. The Kier molecular flexibility index (Phi) is 9.00. The lowest BCUT2D eigenvalue weighted by Gasteiger charge is -2.29. The van der Waals surface area contributed by atoms with Crippen LogP contribution in [0.25, 0.3) is 11.6 Å². The van der Waals surface area contributed by atoms with Gasteiger partial charge in [0.05, 0.1) is 6.04 Å². The monoisotopic (exact) mass is 617 g/mol. The molecule has 0 saturated carbocycles. The van der Waals surface area contributed by atoms with Crippen LogP contribution in [0.3, 0.4) is 0 Å². The van der Waals surface area contributed by atoms with Gasteiger partial charge in [-0.15, -0.1) is 21.5 Å². The van der Waals surface area contributed by atoms with E-state index in [0.717, 1.165) is 29.1 Å². The summed E-state index contributed by atoms with van der Waals surface area (Å²) in [5, 5.41) is 17.8. The van der Waals surface area contributed by atoms with Gasteiger partial charge < -0.3 is 24.7 Å². The Morgan fingerprint density at radius 2 is 1.89 bits per heavy atom. The molecule has 2 N–H and O–H groups in total. The summed E-state index contributed by atoms with van der Waals surface area (Å²) >= 11 is 1.59. The molecule has 0 spiro atoms. The van der Waals surface area contributed by atoms with Crippen LogP contribution in [0.4, 0.5) is 10.6 Å². The molecule has 5 rings (SSSR count). The Morgan fingerprint density at radius 1 is 1.11 bits per heavy atom. The van der Waals surface area contributed by atoms with E-state index in [1.54, 1.807) is 44.2 Å². The maximum Gasteiger partial charge on any atom is 0.408 e. The lowest BCUT2D eigenvalue weighted by Crippen LogP contribution is -2.47. The molecule has 3 aromatic heterocycles. The quantitative estimate of drug-likeness (QED) is 0.222. The molecule has 2 amide bonds. The van der Waals surface area contributed by atoms with Crippen LogP contribution >= 0.6 is 11.3 Å². The molecule has 232 valence electrons. The van der Waals surface area contributed by atoms with Crippen LogP contribution < -0.4 is 10.6 Å². The second-order valence-corrected chi connectivity index (χ2v) is 13.1. The SMILES string of the molecule is CCNc1cc(C(=O)N2CCC[C@@H]2c2nc(C)cs2)cc(-c2nnc([C@@](C)(Cc3ccccc3)NC(=O)OC(C)(C)C)o2)n1. The average Bonchev–Trinajstić information content (AvgIpc) is 3.73. The number of anilines is 1. The minimum absolute atomic E-state index is 0.0620. The number of nitrogens with one attached hydrogen (secondary N) is 2. The van der Waals surface area contributed by atoms with Crippen molar-refractivity contribution in [1.82, 2.24) is 30.4 Å². The van der Waals surface area contributed by atoms with Crippen molar-refractivity contribution in [3.05, 3.63) is 75.6 Å². The van der Waals surface area contributed by atoms with E-state index in [0.29, 0.717) is 36.6 Å². The highest BCUT2D eigenvalue weighted by Gasteiger charge is 2.37. The molecule has 44 heavy (non-hydrogen) atoms. The summed E-state index contributed by atoms with van der Waals surface area (Å²) in [6, 6.07) is 13.1. The number of benzene rings is 1. The number of thiazole rings is 1. The van der Waals surface area contributed by atoms with E-state index < -0.39 is 17.2 Å². The standard InChI is InChI=1S/C32H39N7O4S/c1-7-33-25-17-22(28(40)39-15-11-14-24(39)27-34-20(2)19-44-27)16-23(35-25)26-37-38-29(42-26)32(6,18-21-12-9-8-10-13-21)36-30(41)43-31(3,4)5/h8-10,12-13,16-17,19,24H,7,11,14-15,18H2,1-6H3,(H,33,35)(H,36,41)/t24-,32-/m1/s1. The Bertz CT molecular complexity index is 1610. The van der Waals surface area contributed by atoms with Gasteiger partial charge in [-0.2, -0.15) is 0 Å². The third kappa shape index (κ3) is 7.24. The van der Waals surface area contributed by atoms with Crippen molar-refractivity contribution < 1.29 is 18.7 Å². The predicted molar refractivity (Wildman–Crippen MR) is 168 cm³/mol. The van der Waals surface area contributed by atoms with Crippen molar-refractivity contribution in [3.63, 3.8) is 0 Å². The van der Waals surface area contributed by atoms with Crippen molar-refractivity contribution >= 4 is 29.2 Å². The van der Waals surface area contributed by atoms with Crippen molar-refractivity contribution in [1.29, 1.82) is 0 Å². The van der Waals surface area contributed by atoms with E-state index in [1.165, 1.54) is 0 Å². The summed E-state index contributed by atoms with van der Waals surface area (Å²) in [4.78, 5) is 38.0. The van der Waals surface area contributed by atoms with Gasteiger partial charge in [0.25, 0.3) is 11.8 Å². The minimum atomic E-state index is -1.10. The molecular weight excluding hydrogens is 578 g/mol. The fourth-order valence-corrected chi connectivity index (χ4v) is 6.19. The number of rotatable bonds is 9. The molecule has 4 heterocycles. The molecule has 4 aromatic rings. The third-order valence-electron chi connectivity index (χ3n) is 7.16. The van der Waals surface area contributed by atoms with Crippen LogP contribution in [0.15, 0.2) is 52.3 Å². The number of aromatic nitrogens is 4. The number of alkyl carbamates (subject to hydrolysis) is 1. The van der Waals surface area contributed by atoms with Gasteiger partial charge in [-0.25, -0.2) is 14.8 Å². The molecule has 1 saturated heterocycles. The number of carbonyl (C=O) groups excluding carboxylic acids is 2. The summed E-state index contributed by atoms with van der Waals surface area (Å²) in [6.07, 6.45) is 1.54. The van der Waals surface area contributed by atoms with Gasteiger partial charge in [0, 0.05) is 36.1 Å². The number of aryl methyl sites for hydroxylation is 1. The number of pyridine rings is 1. The highest BCUT2D eigenvalue weighted by atomic mass is 32.1. The number of nitrogens with zero attached hydrogens (tertiary/aromatic N) is 5. The molecule has 0 unspecified atom stereocenters. The Hall–Kier alpha value is -4.32. The maximum absolute atomic E-state index is 13.9. The molecule has 12 heteroatoms. The molecule has 0 aliphatic carbocycles. The zero-order valence-corrected chi connectivity index (χ0v) is 26.8. The van der Waals surface area contributed by atoms with Crippen molar-refractivity contribution in [2.24, 2.45) is 0 Å². The summed E-state index contributed by atoms with van der Waals surface area (Å²) in [5.41, 5.74) is 0.945. The van der Waals surface area contributed by atoms with Gasteiger partial charge >= 0.3 is 6.09 Å². The van der Waals surface area contributed by atoms with Gasteiger partial charge in [-0.3, -0.25) is 4.79 Å². The summed E-state index contributed by atoms with van der Waals surface area (Å²) in [5.74, 6) is 0.730. The van der Waals surface area contributed by atoms with E-state index >= 15 is 0 Å². The highest BCUT2D eigenvalue weighted by molar-refractivity contribution is 7.09. The van der Waals surface area contributed by atoms with Crippen LogP contribution in [0.2, 0.25) is 0 Å². The molecule has 11 nitrogen and oxygen atoms in total. The number of hydrogen-bond donors (Lipinski definition) is 2. The molecular formula is C32H39N7O4S.